The zero-order chi connectivity index (χ0) is 30.5. The highest BCUT2D eigenvalue weighted by Crippen LogP contribution is 2.53. The molecule has 0 radical (unpaired) electrons. The van der Waals surface area contributed by atoms with E-state index in [0.29, 0.717) is 17.5 Å². The van der Waals surface area contributed by atoms with E-state index in [1.807, 2.05) is 72.8 Å². The van der Waals surface area contributed by atoms with E-state index in [4.69, 9.17) is 19.4 Å². The molecule has 5 heteroatoms. The number of furan rings is 1. The van der Waals surface area contributed by atoms with Gasteiger partial charge in [-0.3, -0.25) is 0 Å². The number of para-hydroxylation sites is 3. The standard InChI is InChI=1S/C41H26N4O/c1-3-14-27(15-4-1)39-42-40(28-16-5-2-6-17-28)44-41(43-39)29-18-13-19-30(26-29)45-34-23-10-7-20-31(34)37-33-22-9-12-25-36(33)46-38(37)32-21-8-11-24-35(32)45/h1-26H. The van der Waals surface area contributed by atoms with E-state index in [1.54, 1.807) is 0 Å². The van der Waals surface area contributed by atoms with Crippen LogP contribution in [0.15, 0.2) is 162 Å². The third kappa shape index (κ3) is 4.29. The van der Waals surface area contributed by atoms with Crippen LogP contribution in [0.5, 0.6) is 0 Å². The molecule has 216 valence electrons. The highest BCUT2D eigenvalue weighted by atomic mass is 16.3. The lowest BCUT2D eigenvalue weighted by Gasteiger charge is -2.27. The molecule has 0 aliphatic carbocycles. The molecule has 0 unspecified atom stereocenters. The van der Waals surface area contributed by atoms with Crippen LogP contribution in [0.3, 0.4) is 0 Å². The van der Waals surface area contributed by atoms with E-state index in [2.05, 4.69) is 89.8 Å². The van der Waals surface area contributed by atoms with Gasteiger partial charge in [-0.15, -0.1) is 0 Å². The fraction of sp³-hybridized carbons (Fsp3) is 0. The molecule has 0 saturated heterocycles. The quantitative estimate of drug-likeness (QED) is 0.204. The van der Waals surface area contributed by atoms with Crippen LogP contribution in [0.4, 0.5) is 17.1 Å². The molecule has 1 aliphatic heterocycles. The number of hydrogen-bond donors (Lipinski definition) is 0. The first kappa shape index (κ1) is 26.1. The summed E-state index contributed by atoms with van der Waals surface area (Å²) in [7, 11) is 0. The summed E-state index contributed by atoms with van der Waals surface area (Å²) in [5.41, 5.74) is 10.0. The molecule has 0 fully saturated rings. The van der Waals surface area contributed by atoms with Gasteiger partial charge in [-0.25, -0.2) is 15.0 Å². The van der Waals surface area contributed by atoms with Gasteiger partial charge >= 0.3 is 0 Å². The van der Waals surface area contributed by atoms with Crippen LogP contribution in [0.25, 0.3) is 67.6 Å². The van der Waals surface area contributed by atoms with E-state index in [0.717, 1.165) is 67.2 Å². The zero-order valence-corrected chi connectivity index (χ0v) is 24.7. The number of rotatable bonds is 4. The second-order valence-corrected chi connectivity index (χ2v) is 11.3. The Morgan fingerprint density at radius 2 is 0.957 bits per heavy atom. The Bertz CT molecular complexity index is 2320. The van der Waals surface area contributed by atoms with Gasteiger partial charge in [0.15, 0.2) is 17.5 Å². The smallest absolute Gasteiger partial charge is 0.164 e. The Kier molecular flexibility index (Phi) is 6.06. The first-order valence-electron chi connectivity index (χ1n) is 15.3. The van der Waals surface area contributed by atoms with Gasteiger partial charge in [0.25, 0.3) is 0 Å². The molecule has 0 spiro atoms. The van der Waals surface area contributed by atoms with Crippen LogP contribution in [0.2, 0.25) is 0 Å². The average molecular weight is 591 g/mol. The molecule has 6 aromatic carbocycles. The van der Waals surface area contributed by atoms with E-state index in [-0.39, 0.29) is 0 Å². The topological polar surface area (TPSA) is 55.1 Å². The van der Waals surface area contributed by atoms with Crippen LogP contribution in [-0.4, -0.2) is 15.0 Å². The third-order valence-corrected chi connectivity index (χ3v) is 8.46. The van der Waals surface area contributed by atoms with Gasteiger partial charge in [0, 0.05) is 44.5 Å². The summed E-state index contributed by atoms with van der Waals surface area (Å²) in [4.78, 5) is 17.2. The number of nitrogens with zero attached hydrogens (tertiary/aromatic N) is 4. The van der Waals surface area contributed by atoms with Crippen molar-refractivity contribution >= 4 is 28.0 Å². The highest BCUT2D eigenvalue weighted by Gasteiger charge is 2.30. The highest BCUT2D eigenvalue weighted by molar-refractivity contribution is 6.10. The molecule has 5 nitrogen and oxygen atoms in total. The van der Waals surface area contributed by atoms with Crippen LogP contribution in [0.1, 0.15) is 0 Å². The first-order valence-corrected chi connectivity index (χ1v) is 15.3. The summed E-state index contributed by atoms with van der Waals surface area (Å²) in [5.74, 6) is 2.76. The van der Waals surface area contributed by atoms with Crippen LogP contribution in [-0.2, 0) is 0 Å². The van der Waals surface area contributed by atoms with Gasteiger partial charge in [-0.05, 0) is 36.4 Å². The van der Waals surface area contributed by atoms with E-state index in [1.165, 1.54) is 0 Å². The third-order valence-electron chi connectivity index (χ3n) is 8.46. The van der Waals surface area contributed by atoms with Crippen molar-refractivity contribution < 1.29 is 4.42 Å². The number of benzene rings is 6. The van der Waals surface area contributed by atoms with E-state index >= 15 is 0 Å². The summed E-state index contributed by atoms with van der Waals surface area (Å²) in [6.45, 7) is 0. The van der Waals surface area contributed by atoms with Crippen molar-refractivity contribution in [3.05, 3.63) is 158 Å². The summed E-state index contributed by atoms with van der Waals surface area (Å²) in [5, 5.41) is 1.10. The van der Waals surface area contributed by atoms with Gasteiger partial charge in [-0.1, -0.05) is 121 Å². The van der Waals surface area contributed by atoms with Crippen molar-refractivity contribution in [2.45, 2.75) is 0 Å². The Balaban J connectivity index is 1.25. The Hall–Kier alpha value is -6.33. The van der Waals surface area contributed by atoms with Crippen molar-refractivity contribution in [1.82, 2.24) is 15.0 Å². The molecular formula is C41H26N4O. The predicted molar refractivity (Wildman–Crippen MR) is 185 cm³/mol. The van der Waals surface area contributed by atoms with Crippen molar-refractivity contribution in [3.8, 4) is 56.6 Å². The maximum absolute atomic E-state index is 6.59. The summed E-state index contributed by atoms with van der Waals surface area (Å²) >= 11 is 0. The lowest BCUT2D eigenvalue weighted by Crippen LogP contribution is -2.11. The summed E-state index contributed by atoms with van der Waals surface area (Å²) in [6, 6.07) is 53.8. The second-order valence-electron chi connectivity index (χ2n) is 11.3. The van der Waals surface area contributed by atoms with Crippen molar-refractivity contribution in [2.24, 2.45) is 0 Å². The normalized spacial score (nSPS) is 11.9. The molecule has 2 aromatic heterocycles. The second kappa shape index (κ2) is 10.7. The SMILES string of the molecule is c1ccc(-c2nc(-c3ccccc3)nc(-c3cccc(N4c5ccccc5-c5oc6ccccc6c5-c5ccccc54)c3)n2)cc1. The fourth-order valence-corrected chi connectivity index (χ4v) is 6.37. The molecule has 0 N–H and O–H groups in total. The number of fused-ring (bicyclic) bond motifs is 7. The van der Waals surface area contributed by atoms with E-state index in [9.17, 15) is 0 Å². The molecular weight excluding hydrogens is 564 g/mol. The predicted octanol–water partition coefficient (Wildman–Crippen LogP) is 10.7. The molecule has 8 aromatic rings. The monoisotopic (exact) mass is 590 g/mol. The lowest BCUT2D eigenvalue weighted by atomic mass is 9.98. The molecule has 0 atom stereocenters. The number of aromatic nitrogens is 3. The fourth-order valence-electron chi connectivity index (χ4n) is 6.37. The Labute approximate surface area is 266 Å². The minimum atomic E-state index is 0.615. The lowest BCUT2D eigenvalue weighted by molar-refractivity contribution is 0.633. The van der Waals surface area contributed by atoms with Crippen LogP contribution < -0.4 is 4.90 Å². The largest absolute Gasteiger partial charge is 0.455 e. The minimum Gasteiger partial charge on any atom is -0.455 e. The molecule has 1 aliphatic rings. The van der Waals surface area contributed by atoms with Crippen LogP contribution >= 0.6 is 0 Å². The average Bonchev–Trinajstić information content (AvgIpc) is 3.47. The maximum Gasteiger partial charge on any atom is 0.164 e. The zero-order valence-electron chi connectivity index (χ0n) is 24.7. The van der Waals surface area contributed by atoms with Gasteiger partial charge in [0.2, 0.25) is 0 Å². The summed E-state index contributed by atoms with van der Waals surface area (Å²) in [6.07, 6.45) is 0. The minimum absolute atomic E-state index is 0.615. The Morgan fingerprint density at radius 3 is 1.65 bits per heavy atom. The van der Waals surface area contributed by atoms with Gasteiger partial charge < -0.3 is 9.32 Å². The first-order chi connectivity index (χ1) is 22.8. The molecule has 0 saturated carbocycles. The van der Waals surface area contributed by atoms with Crippen LogP contribution in [0, 0.1) is 0 Å². The molecule has 9 rings (SSSR count). The number of anilines is 3. The molecule has 3 heterocycles. The molecule has 46 heavy (non-hydrogen) atoms. The molecule has 0 amide bonds. The number of hydrogen-bond acceptors (Lipinski definition) is 5. The van der Waals surface area contributed by atoms with Crippen molar-refractivity contribution in [1.29, 1.82) is 0 Å². The van der Waals surface area contributed by atoms with Gasteiger partial charge in [0.05, 0.1) is 11.4 Å². The maximum atomic E-state index is 6.59. The van der Waals surface area contributed by atoms with E-state index < -0.39 is 0 Å². The Morgan fingerprint density at radius 1 is 0.435 bits per heavy atom. The van der Waals surface area contributed by atoms with Crippen molar-refractivity contribution in [2.75, 3.05) is 4.90 Å². The summed E-state index contributed by atoms with van der Waals surface area (Å²) < 4.78 is 6.59. The van der Waals surface area contributed by atoms with Gasteiger partial charge in [0.1, 0.15) is 11.3 Å². The molecule has 0 bridgehead atoms. The van der Waals surface area contributed by atoms with Gasteiger partial charge in [-0.2, -0.15) is 0 Å². The van der Waals surface area contributed by atoms with Crippen molar-refractivity contribution in [3.63, 3.8) is 0 Å².